The minimum absolute atomic E-state index is 0.334. The Labute approximate surface area is 125 Å². The Kier molecular flexibility index (Phi) is 4.13. The fraction of sp³-hybridized carbons (Fsp3) is 0.375. The highest BCUT2D eigenvalue weighted by Gasteiger charge is 2.47. The van der Waals surface area contributed by atoms with Crippen molar-refractivity contribution in [2.75, 3.05) is 7.11 Å². The molecule has 0 aromatic heterocycles. The average Bonchev–Trinajstić information content (AvgIpc) is 2.75. The van der Waals surface area contributed by atoms with E-state index in [2.05, 4.69) is 4.74 Å². The largest absolute Gasteiger partial charge is 0.468 e. The molecular weight excluding hydrogens is 297 g/mol. The van der Waals surface area contributed by atoms with Crippen LogP contribution in [0, 0.1) is 5.41 Å². The van der Waals surface area contributed by atoms with E-state index < -0.39 is 23.1 Å². The number of allylic oxidation sites excluding steroid dienone is 1. The van der Waals surface area contributed by atoms with Crippen molar-refractivity contribution in [2.24, 2.45) is 5.41 Å². The molecule has 1 aromatic rings. The lowest BCUT2D eigenvalue weighted by Crippen LogP contribution is -2.33. The van der Waals surface area contributed by atoms with Crippen LogP contribution in [0.4, 0.5) is 13.2 Å². The molecule has 0 aliphatic heterocycles. The van der Waals surface area contributed by atoms with E-state index >= 15 is 0 Å². The van der Waals surface area contributed by atoms with Crippen LogP contribution in [0.2, 0.25) is 0 Å². The Hall–Kier alpha value is -2.11. The maximum Gasteiger partial charge on any atom is 0.416 e. The topological polar surface area (TPSA) is 43.4 Å². The summed E-state index contributed by atoms with van der Waals surface area (Å²) in [4.78, 5) is 24.0. The number of carbonyl (C=O) groups is 2. The highest BCUT2D eigenvalue weighted by Crippen LogP contribution is 2.39. The van der Waals surface area contributed by atoms with Crippen molar-refractivity contribution < 1.29 is 27.5 Å². The molecule has 0 radical (unpaired) electrons. The summed E-state index contributed by atoms with van der Waals surface area (Å²) >= 11 is 0. The van der Waals surface area contributed by atoms with E-state index in [1.165, 1.54) is 32.2 Å². The van der Waals surface area contributed by atoms with Gasteiger partial charge in [0.15, 0.2) is 5.78 Å². The van der Waals surface area contributed by atoms with Gasteiger partial charge in [0, 0.05) is 0 Å². The number of carbonyl (C=O) groups excluding carboxylic acids is 2. The number of benzene rings is 1. The first-order valence-corrected chi connectivity index (χ1v) is 6.69. The van der Waals surface area contributed by atoms with Crippen LogP contribution < -0.4 is 0 Å². The molecular formula is C16H15F3O3. The second-order valence-corrected chi connectivity index (χ2v) is 5.44. The predicted molar refractivity (Wildman–Crippen MR) is 73.8 cm³/mol. The molecule has 1 fully saturated rings. The normalized spacial score (nSPS) is 23.9. The SMILES string of the molecule is COC(=O)C1(C)CC/C(=C\c2ccc(C(F)(F)F)cc2)C1=O. The molecule has 1 aromatic carbocycles. The summed E-state index contributed by atoms with van der Waals surface area (Å²) in [6.45, 7) is 1.52. The summed E-state index contributed by atoms with van der Waals surface area (Å²) in [5.41, 5.74) is -1.03. The summed E-state index contributed by atoms with van der Waals surface area (Å²) in [5, 5.41) is 0. The van der Waals surface area contributed by atoms with Crippen molar-refractivity contribution in [1.29, 1.82) is 0 Å². The van der Waals surface area contributed by atoms with Gasteiger partial charge in [-0.15, -0.1) is 0 Å². The molecule has 1 aliphatic rings. The van der Waals surface area contributed by atoms with Crippen LogP contribution in [0.5, 0.6) is 0 Å². The van der Waals surface area contributed by atoms with E-state index in [4.69, 9.17) is 0 Å². The van der Waals surface area contributed by atoms with Crippen molar-refractivity contribution in [3.8, 4) is 0 Å². The van der Waals surface area contributed by atoms with E-state index in [9.17, 15) is 22.8 Å². The van der Waals surface area contributed by atoms with Crippen LogP contribution in [0.25, 0.3) is 6.08 Å². The molecule has 3 nitrogen and oxygen atoms in total. The zero-order valence-corrected chi connectivity index (χ0v) is 12.2. The first-order chi connectivity index (χ1) is 10.2. The number of ketones is 1. The molecule has 2 rings (SSSR count). The van der Waals surface area contributed by atoms with Crippen molar-refractivity contribution in [3.63, 3.8) is 0 Å². The lowest BCUT2D eigenvalue weighted by Gasteiger charge is -2.17. The number of rotatable bonds is 2. The summed E-state index contributed by atoms with van der Waals surface area (Å²) in [5.74, 6) is -0.924. The number of methoxy groups -OCH3 is 1. The van der Waals surface area contributed by atoms with Gasteiger partial charge in [-0.1, -0.05) is 12.1 Å². The smallest absolute Gasteiger partial charge is 0.416 e. The van der Waals surface area contributed by atoms with E-state index in [0.29, 0.717) is 24.0 Å². The number of halogens is 3. The second-order valence-electron chi connectivity index (χ2n) is 5.44. The third-order valence-corrected chi connectivity index (χ3v) is 3.90. The average molecular weight is 312 g/mol. The van der Waals surface area contributed by atoms with E-state index in [-0.39, 0.29) is 5.78 Å². The standard InChI is InChI=1S/C16H15F3O3/c1-15(14(21)22-2)8-7-11(13(15)20)9-10-3-5-12(6-4-10)16(17,18)19/h3-6,9H,7-8H2,1-2H3/b11-9+. The number of esters is 1. The minimum Gasteiger partial charge on any atom is -0.468 e. The Morgan fingerprint density at radius 3 is 2.36 bits per heavy atom. The third kappa shape index (κ3) is 2.91. The fourth-order valence-electron chi connectivity index (χ4n) is 2.49. The van der Waals surface area contributed by atoms with Gasteiger partial charge in [-0.25, -0.2) is 0 Å². The number of Topliss-reactive ketones (excluding diaryl/α,β-unsaturated/α-hetero) is 1. The van der Waals surface area contributed by atoms with E-state index in [1.807, 2.05) is 0 Å². The molecule has 1 aliphatic carbocycles. The summed E-state index contributed by atoms with van der Waals surface area (Å²) in [6, 6.07) is 4.53. The van der Waals surface area contributed by atoms with Crippen LogP contribution in [0.1, 0.15) is 30.9 Å². The molecule has 1 saturated carbocycles. The molecule has 118 valence electrons. The van der Waals surface area contributed by atoms with Crippen LogP contribution >= 0.6 is 0 Å². The molecule has 0 spiro atoms. The van der Waals surface area contributed by atoms with Gasteiger partial charge < -0.3 is 4.74 Å². The zero-order chi connectivity index (χ0) is 16.5. The number of hydrogen-bond donors (Lipinski definition) is 0. The van der Waals surface area contributed by atoms with Gasteiger partial charge in [0.25, 0.3) is 0 Å². The lowest BCUT2D eigenvalue weighted by atomic mass is 9.87. The molecule has 1 atom stereocenters. The van der Waals surface area contributed by atoms with Crippen LogP contribution in [0.3, 0.4) is 0 Å². The van der Waals surface area contributed by atoms with E-state index in [1.54, 1.807) is 0 Å². The number of hydrogen-bond acceptors (Lipinski definition) is 3. The molecule has 6 heteroatoms. The predicted octanol–water partition coefficient (Wildman–Crippen LogP) is 3.63. The monoisotopic (exact) mass is 312 g/mol. The Morgan fingerprint density at radius 2 is 1.86 bits per heavy atom. The van der Waals surface area contributed by atoms with Crippen molar-refractivity contribution >= 4 is 17.8 Å². The molecule has 0 bridgehead atoms. The fourth-order valence-corrected chi connectivity index (χ4v) is 2.49. The Balaban J connectivity index is 2.25. The van der Waals surface area contributed by atoms with Gasteiger partial charge in [0.1, 0.15) is 5.41 Å². The Morgan fingerprint density at radius 1 is 1.27 bits per heavy atom. The first kappa shape index (κ1) is 16.3. The van der Waals surface area contributed by atoms with Crippen LogP contribution in [0.15, 0.2) is 29.8 Å². The maximum absolute atomic E-state index is 12.5. The quantitative estimate of drug-likeness (QED) is 0.476. The van der Waals surface area contributed by atoms with Crippen molar-refractivity contribution in [1.82, 2.24) is 0 Å². The summed E-state index contributed by atoms with van der Waals surface area (Å²) in [6.07, 6.45) is -2.13. The van der Waals surface area contributed by atoms with Gasteiger partial charge in [0.2, 0.25) is 0 Å². The molecule has 0 saturated heterocycles. The molecule has 22 heavy (non-hydrogen) atoms. The number of ether oxygens (including phenoxy) is 1. The van der Waals surface area contributed by atoms with Gasteiger partial charge >= 0.3 is 12.1 Å². The first-order valence-electron chi connectivity index (χ1n) is 6.69. The molecule has 0 heterocycles. The maximum atomic E-state index is 12.5. The zero-order valence-electron chi connectivity index (χ0n) is 12.2. The second kappa shape index (κ2) is 5.59. The van der Waals surface area contributed by atoms with Crippen LogP contribution in [-0.2, 0) is 20.5 Å². The highest BCUT2D eigenvalue weighted by molar-refractivity contribution is 6.15. The summed E-state index contributed by atoms with van der Waals surface area (Å²) in [7, 11) is 1.22. The molecule has 1 unspecified atom stereocenters. The van der Waals surface area contributed by atoms with Gasteiger partial charge in [-0.05, 0) is 49.1 Å². The highest BCUT2D eigenvalue weighted by atomic mass is 19.4. The Bertz CT molecular complexity index is 629. The number of alkyl halides is 3. The van der Waals surface area contributed by atoms with Crippen molar-refractivity contribution in [2.45, 2.75) is 25.9 Å². The minimum atomic E-state index is -4.39. The van der Waals surface area contributed by atoms with Crippen molar-refractivity contribution in [3.05, 3.63) is 41.0 Å². The van der Waals surface area contributed by atoms with E-state index in [0.717, 1.165) is 12.1 Å². The molecule has 0 N–H and O–H groups in total. The van der Waals surface area contributed by atoms with Gasteiger partial charge in [0.05, 0.1) is 12.7 Å². The summed E-state index contributed by atoms with van der Waals surface area (Å²) < 4.78 is 42.1. The van der Waals surface area contributed by atoms with Crippen LogP contribution in [-0.4, -0.2) is 18.9 Å². The van der Waals surface area contributed by atoms with Gasteiger partial charge in [-0.2, -0.15) is 13.2 Å². The lowest BCUT2D eigenvalue weighted by molar-refractivity contribution is -0.154. The molecule has 0 amide bonds. The van der Waals surface area contributed by atoms with Gasteiger partial charge in [-0.3, -0.25) is 9.59 Å². The third-order valence-electron chi connectivity index (χ3n) is 3.90.